The lowest BCUT2D eigenvalue weighted by molar-refractivity contribution is -0.757. The Morgan fingerprint density at radius 2 is 1.56 bits per heavy atom. The van der Waals surface area contributed by atoms with Crippen LogP contribution in [0.25, 0.3) is 0 Å². The molecule has 9 heteroatoms. The minimum Gasteiger partial charge on any atom is -0.356 e. The number of piperazine rings is 1. The van der Waals surface area contributed by atoms with Gasteiger partial charge in [0.05, 0.1) is 6.61 Å². The molecule has 1 N–H and O–H groups in total. The standard InChI is InChI=1S/C17H32N4O4.C15H28O/c1-2-3-4-5-8-17(22)18-9-6-10-19-12-14-20(15-13-19)11-7-16-25-21(23)24;1-2-3-4-5-6-11-15(16)13-12-14-9-7-8-10-14/h2-3H,4-16H2,1H3,(H,18,22);14H,2-13H2,1H3/b3-2-;. The first-order valence-corrected chi connectivity index (χ1v) is 16.6. The topological polar surface area (TPSA) is 105 Å². The summed E-state index contributed by atoms with van der Waals surface area (Å²) < 4.78 is 0. The van der Waals surface area contributed by atoms with Gasteiger partial charge in [-0.2, -0.15) is 0 Å². The maximum Gasteiger partial charge on any atom is 0.294 e. The molecule has 9 nitrogen and oxygen atoms in total. The van der Waals surface area contributed by atoms with Gasteiger partial charge >= 0.3 is 0 Å². The molecule has 1 aliphatic carbocycles. The second-order valence-electron chi connectivity index (χ2n) is 11.7. The van der Waals surface area contributed by atoms with Gasteiger partial charge in [0.2, 0.25) is 5.91 Å². The molecular weight excluding hydrogens is 520 g/mol. The normalized spacial score (nSPS) is 16.4. The first-order valence-electron chi connectivity index (χ1n) is 16.6. The molecule has 1 saturated carbocycles. The maximum atomic E-state index is 11.7. The number of amides is 1. The number of hydrogen-bond donors (Lipinski definition) is 1. The zero-order chi connectivity index (χ0) is 30.0. The van der Waals surface area contributed by atoms with Crippen LogP contribution in [0.4, 0.5) is 0 Å². The number of carbonyl (C=O) groups is 2. The lowest BCUT2D eigenvalue weighted by Crippen LogP contribution is -2.47. The predicted molar refractivity (Wildman–Crippen MR) is 166 cm³/mol. The van der Waals surface area contributed by atoms with Crippen LogP contribution >= 0.6 is 0 Å². The van der Waals surface area contributed by atoms with E-state index >= 15 is 0 Å². The lowest BCUT2D eigenvalue weighted by Gasteiger charge is -2.34. The number of carbonyl (C=O) groups excluding carboxylic acids is 2. The maximum absolute atomic E-state index is 11.7. The van der Waals surface area contributed by atoms with E-state index in [-0.39, 0.29) is 12.5 Å². The van der Waals surface area contributed by atoms with Gasteiger partial charge in [0.25, 0.3) is 5.09 Å². The summed E-state index contributed by atoms with van der Waals surface area (Å²) in [5, 5.41) is 12.3. The number of nitrogens with one attached hydrogen (secondary N) is 1. The summed E-state index contributed by atoms with van der Waals surface area (Å²) in [5.74, 6) is 1.54. The van der Waals surface area contributed by atoms with Crippen molar-refractivity contribution >= 4 is 11.7 Å². The van der Waals surface area contributed by atoms with Gasteiger partial charge < -0.3 is 20.0 Å². The largest absolute Gasteiger partial charge is 0.356 e. The molecule has 238 valence electrons. The van der Waals surface area contributed by atoms with Crippen LogP contribution in [0.3, 0.4) is 0 Å². The van der Waals surface area contributed by atoms with E-state index in [1.54, 1.807) is 0 Å². The second kappa shape index (κ2) is 25.7. The van der Waals surface area contributed by atoms with Gasteiger partial charge in [-0.25, -0.2) is 0 Å². The molecule has 0 atom stereocenters. The van der Waals surface area contributed by atoms with Crippen LogP contribution in [-0.2, 0) is 14.4 Å². The molecule has 0 aromatic rings. The van der Waals surface area contributed by atoms with E-state index in [1.807, 2.05) is 13.0 Å². The molecule has 2 rings (SSSR count). The highest BCUT2D eigenvalue weighted by atomic mass is 16.9. The Bertz CT molecular complexity index is 704. The minimum atomic E-state index is -0.737. The van der Waals surface area contributed by atoms with E-state index in [0.717, 1.165) is 90.3 Å². The van der Waals surface area contributed by atoms with E-state index < -0.39 is 5.09 Å². The number of nitrogens with zero attached hydrogens (tertiary/aromatic N) is 3. The summed E-state index contributed by atoms with van der Waals surface area (Å²) >= 11 is 0. The molecule has 0 unspecified atom stereocenters. The van der Waals surface area contributed by atoms with Gasteiger partial charge in [0, 0.05) is 58.5 Å². The summed E-state index contributed by atoms with van der Waals surface area (Å²) in [7, 11) is 0. The molecule has 1 heterocycles. The zero-order valence-corrected chi connectivity index (χ0v) is 26.3. The van der Waals surface area contributed by atoms with Crippen molar-refractivity contribution in [1.82, 2.24) is 15.1 Å². The molecule has 2 aliphatic rings. The quantitative estimate of drug-likeness (QED) is 0.0689. The minimum absolute atomic E-state index is 0.145. The van der Waals surface area contributed by atoms with Crippen LogP contribution in [0.15, 0.2) is 12.2 Å². The molecule has 1 amide bonds. The van der Waals surface area contributed by atoms with Crippen LogP contribution in [0.5, 0.6) is 0 Å². The summed E-state index contributed by atoms with van der Waals surface area (Å²) in [6, 6.07) is 0. The molecular formula is C32H60N4O5. The molecule has 41 heavy (non-hydrogen) atoms. The van der Waals surface area contributed by atoms with Gasteiger partial charge in [0.15, 0.2) is 0 Å². The monoisotopic (exact) mass is 580 g/mol. The fourth-order valence-electron chi connectivity index (χ4n) is 5.54. The van der Waals surface area contributed by atoms with Crippen molar-refractivity contribution in [3.8, 4) is 0 Å². The number of hydrogen-bond acceptors (Lipinski definition) is 7. The van der Waals surface area contributed by atoms with E-state index in [2.05, 4.69) is 33.0 Å². The van der Waals surface area contributed by atoms with Crippen molar-refractivity contribution in [3.05, 3.63) is 22.3 Å². The average Bonchev–Trinajstić information content (AvgIpc) is 3.49. The Labute approximate surface area is 249 Å². The lowest BCUT2D eigenvalue weighted by atomic mass is 9.98. The number of Topliss-reactive ketones (excluding diaryl/α,β-unsaturated/α-hetero) is 1. The predicted octanol–water partition coefficient (Wildman–Crippen LogP) is 6.34. The van der Waals surface area contributed by atoms with Crippen molar-refractivity contribution in [3.63, 3.8) is 0 Å². The molecule has 0 spiro atoms. The number of allylic oxidation sites excluding steroid dienone is 2. The summed E-state index contributed by atoms with van der Waals surface area (Å²) in [5.41, 5.74) is 0. The average molecular weight is 581 g/mol. The zero-order valence-electron chi connectivity index (χ0n) is 26.3. The fraction of sp³-hybridized carbons (Fsp3) is 0.875. The van der Waals surface area contributed by atoms with Gasteiger partial charge in [0.1, 0.15) is 5.78 Å². The molecule has 0 aromatic carbocycles. The van der Waals surface area contributed by atoms with Crippen molar-refractivity contribution in [1.29, 1.82) is 0 Å². The van der Waals surface area contributed by atoms with Gasteiger partial charge in [-0.3, -0.25) is 9.59 Å². The smallest absolute Gasteiger partial charge is 0.294 e. The molecule has 2 fully saturated rings. The third kappa shape index (κ3) is 22.3. The van der Waals surface area contributed by atoms with E-state index in [1.165, 1.54) is 57.8 Å². The SMILES string of the molecule is C/C=C\CCCC(=O)NCCCN1CCN(CCCO[N+](=O)[O-])CC1.CCCCCCCC(=O)CCC1CCCC1. The highest BCUT2D eigenvalue weighted by Gasteiger charge is 2.17. The second-order valence-corrected chi connectivity index (χ2v) is 11.7. The van der Waals surface area contributed by atoms with E-state index in [9.17, 15) is 19.7 Å². The summed E-state index contributed by atoms with van der Waals surface area (Å²) in [6.07, 6.45) is 23.0. The highest BCUT2D eigenvalue weighted by molar-refractivity contribution is 5.78. The molecule has 1 saturated heterocycles. The van der Waals surface area contributed by atoms with Crippen molar-refractivity contribution in [2.45, 2.75) is 123 Å². The third-order valence-electron chi connectivity index (χ3n) is 8.13. The first kappa shape index (κ1) is 37.0. The van der Waals surface area contributed by atoms with E-state index in [4.69, 9.17) is 0 Å². The summed E-state index contributed by atoms with van der Waals surface area (Å²) in [4.78, 5) is 42.4. The Morgan fingerprint density at radius 1 is 0.902 bits per heavy atom. The Hall–Kier alpha value is -2.00. The first-order chi connectivity index (χ1) is 19.9. The van der Waals surface area contributed by atoms with Crippen LogP contribution in [0.2, 0.25) is 0 Å². The number of rotatable bonds is 22. The van der Waals surface area contributed by atoms with Gasteiger partial charge in [-0.15, -0.1) is 10.1 Å². The van der Waals surface area contributed by atoms with Crippen molar-refractivity contribution in [2.24, 2.45) is 5.92 Å². The Morgan fingerprint density at radius 3 is 2.20 bits per heavy atom. The van der Waals surface area contributed by atoms with Crippen LogP contribution in [0, 0.1) is 16.0 Å². The van der Waals surface area contributed by atoms with Crippen LogP contribution < -0.4 is 5.32 Å². The Kier molecular flexibility index (Phi) is 23.2. The van der Waals surface area contributed by atoms with Gasteiger partial charge in [-0.05, 0) is 57.9 Å². The van der Waals surface area contributed by atoms with Crippen LogP contribution in [0.1, 0.15) is 123 Å². The third-order valence-corrected chi connectivity index (χ3v) is 8.13. The van der Waals surface area contributed by atoms with Crippen molar-refractivity contribution in [2.75, 3.05) is 52.4 Å². The number of unbranched alkanes of at least 4 members (excludes halogenated alkanes) is 5. The molecule has 0 bridgehead atoms. The fourth-order valence-corrected chi connectivity index (χ4v) is 5.54. The molecule has 1 aliphatic heterocycles. The van der Waals surface area contributed by atoms with Gasteiger partial charge in [-0.1, -0.05) is 70.4 Å². The van der Waals surface area contributed by atoms with Crippen molar-refractivity contribution < 1.29 is 19.5 Å². The summed E-state index contributed by atoms with van der Waals surface area (Å²) in [6.45, 7) is 10.9. The molecule has 0 aromatic heterocycles. The number of ketones is 1. The highest BCUT2D eigenvalue weighted by Crippen LogP contribution is 2.28. The van der Waals surface area contributed by atoms with E-state index in [0.29, 0.717) is 18.6 Å². The Balaban J connectivity index is 0.000000452. The molecule has 0 radical (unpaired) electrons. The van der Waals surface area contributed by atoms with Crippen LogP contribution in [-0.4, -0.2) is 79.0 Å².